The van der Waals surface area contributed by atoms with Gasteiger partial charge in [0.25, 0.3) is 0 Å². The van der Waals surface area contributed by atoms with Crippen LogP contribution in [0.15, 0.2) is 84.9 Å². The molecular weight excluding hydrogens is 746 g/mol. The highest BCUT2D eigenvalue weighted by molar-refractivity contribution is 6.02. The second kappa shape index (κ2) is 13.7. The minimum atomic E-state index is -7.07. The molecule has 0 fully saturated rings. The van der Waals surface area contributed by atoms with Crippen LogP contribution < -0.4 is 9.47 Å². The minimum Gasteiger partial charge on any atom is -0.478 e. The summed E-state index contributed by atoms with van der Waals surface area (Å²) in [6, 6.07) is 6.53. The van der Waals surface area contributed by atoms with E-state index in [9.17, 15) is 55.7 Å². The number of benzene rings is 4. The number of rotatable bonds is 12. The molecule has 4 N–H and O–H groups in total. The van der Waals surface area contributed by atoms with Crippen molar-refractivity contribution in [3.63, 3.8) is 0 Å². The van der Waals surface area contributed by atoms with Crippen molar-refractivity contribution in [2.75, 3.05) is 0 Å². The maximum Gasteiger partial charge on any atom is 0.454 e. The molecule has 280 valence electrons. The summed E-state index contributed by atoms with van der Waals surface area (Å²) in [6.45, 7) is 0. The molecule has 53 heavy (non-hydrogen) atoms. The van der Waals surface area contributed by atoms with Gasteiger partial charge in [-0.25, -0.2) is 19.2 Å². The van der Waals surface area contributed by atoms with Crippen molar-refractivity contribution in [3.05, 3.63) is 118 Å². The Kier molecular flexibility index (Phi) is 10.2. The van der Waals surface area contributed by atoms with Crippen molar-refractivity contribution < 1.29 is 93.0 Å². The summed E-state index contributed by atoms with van der Waals surface area (Å²) in [4.78, 5) is 45.5. The Morgan fingerprint density at radius 1 is 0.396 bits per heavy atom. The second-order valence-electron chi connectivity index (χ2n) is 10.8. The number of carboxylic acid groups (broad SMARTS) is 4. The summed E-state index contributed by atoms with van der Waals surface area (Å²) in [5.41, 5.74) is -12.6. The van der Waals surface area contributed by atoms with Crippen LogP contribution in [-0.4, -0.2) is 68.5 Å². The van der Waals surface area contributed by atoms with Crippen molar-refractivity contribution in [3.8, 4) is 23.0 Å². The van der Waals surface area contributed by atoms with E-state index in [1.807, 2.05) is 0 Å². The topological polar surface area (TPSA) is 168 Å². The number of halogens is 10. The van der Waals surface area contributed by atoms with E-state index in [2.05, 4.69) is 0 Å². The third kappa shape index (κ3) is 6.98. The van der Waals surface area contributed by atoms with Gasteiger partial charge in [-0.05, 0) is 71.8 Å². The zero-order valence-corrected chi connectivity index (χ0v) is 25.6. The maximum atomic E-state index is 15.6. The Bertz CT molecular complexity index is 1930. The Balaban J connectivity index is 1.89. The fourth-order valence-electron chi connectivity index (χ4n) is 5.23. The van der Waals surface area contributed by atoms with E-state index in [0.29, 0.717) is 36.4 Å². The van der Waals surface area contributed by atoms with Gasteiger partial charge in [-0.15, -0.1) is 0 Å². The van der Waals surface area contributed by atoms with Crippen LogP contribution in [0.25, 0.3) is 0 Å². The smallest absolute Gasteiger partial charge is 0.454 e. The van der Waals surface area contributed by atoms with Gasteiger partial charge in [-0.3, -0.25) is 0 Å². The molecule has 20 heteroatoms. The van der Waals surface area contributed by atoms with Gasteiger partial charge < -0.3 is 29.9 Å². The van der Waals surface area contributed by atoms with Gasteiger partial charge in [0.05, 0.1) is 22.3 Å². The van der Waals surface area contributed by atoms with E-state index < -0.39 is 110 Å². The molecule has 0 unspecified atom stereocenters. The average Bonchev–Trinajstić information content (AvgIpc) is 3.05. The first-order valence-corrected chi connectivity index (χ1v) is 14.0. The highest BCUT2D eigenvalue weighted by Crippen LogP contribution is 2.64. The van der Waals surface area contributed by atoms with Gasteiger partial charge in [0.2, 0.25) is 0 Å². The average molecular weight is 764 g/mol. The molecule has 0 radical (unpaired) electrons. The monoisotopic (exact) mass is 764 g/mol. The second-order valence-corrected chi connectivity index (χ2v) is 10.8. The summed E-state index contributed by atoms with van der Waals surface area (Å²) in [6.07, 6.45) is -14.1. The van der Waals surface area contributed by atoms with E-state index in [4.69, 9.17) is 19.7 Å². The number of ether oxygens (including phenoxy) is 2. The summed E-state index contributed by atoms with van der Waals surface area (Å²) in [5.74, 6) is -22.9. The molecule has 0 heterocycles. The first-order valence-electron chi connectivity index (χ1n) is 14.0. The standard InChI is InChI=1S/C33H18F10O10/c34-30(35,32(38,39)40)29(31(36,37)33(41,42)43,15-1-5-17(6-2-15)52-19-9-11-21(25(44)45)23(13-19)27(48)49)16-3-7-18(8-4-16)53-20-10-12-22(26(46)47)24(14-20)28(50)51/h1-14H,(H,44,45)(H,46,47)(H,48,49)(H,50,51). The van der Waals surface area contributed by atoms with E-state index in [1.165, 1.54) is 0 Å². The molecule has 0 aliphatic heterocycles. The zero-order valence-electron chi connectivity index (χ0n) is 25.6. The fourth-order valence-corrected chi connectivity index (χ4v) is 5.23. The van der Waals surface area contributed by atoms with Gasteiger partial charge in [0.1, 0.15) is 23.0 Å². The molecule has 4 aromatic carbocycles. The maximum absolute atomic E-state index is 15.6. The van der Waals surface area contributed by atoms with E-state index >= 15 is 17.6 Å². The number of hydrogen-bond acceptors (Lipinski definition) is 6. The van der Waals surface area contributed by atoms with Crippen molar-refractivity contribution >= 4 is 23.9 Å². The molecule has 0 aliphatic carbocycles. The van der Waals surface area contributed by atoms with Crippen LogP contribution in [0, 0.1) is 0 Å². The Morgan fingerprint density at radius 2 is 0.660 bits per heavy atom. The van der Waals surface area contributed by atoms with E-state index in [1.54, 1.807) is 0 Å². The SMILES string of the molecule is O=C(O)c1ccc(Oc2ccc(C(c3ccc(Oc4ccc(C(=O)O)c(C(=O)O)c4)cc3)(C(F)(F)C(F)(F)F)C(F)(F)C(F)(F)F)cc2)cc1C(=O)O. The van der Waals surface area contributed by atoms with Crippen LogP contribution in [0.2, 0.25) is 0 Å². The molecule has 0 aliphatic rings. The first-order chi connectivity index (χ1) is 24.4. The molecule has 0 spiro atoms. The minimum absolute atomic E-state index is 0.0558. The normalized spacial score (nSPS) is 12.6. The number of hydrogen-bond donors (Lipinski definition) is 4. The number of carboxylic acids is 4. The number of aromatic carboxylic acids is 4. The Morgan fingerprint density at radius 3 is 0.906 bits per heavy atom. The molecule has 10 nitrogen and oxygen atoms in total. The van der Waals surface area contributed by atoms with Gasteiger partial charge >= 0.3 is 48.1 Å². The highest BCUT2D eigenvalue weighted by atomic mass is 19.4. The summed E-state index contributed by atoms with van der Waals surface area (Å²) in [5, 5.41) is 36.9. The van der Waals surface area contributed by atoms with Gasteiger partial charge in [-0.2, -0.15) is 43.9 Å². The third-order valence-electron chi connectivity index (χ3n) is 7.60. The Hall–Kier alpha value is -6.34. The Labute approximate surface area is 288 Å². The number of carbonyl (C=O) groups is 4. The van der Waals surface area contributed by atoms with Crippen LogP contribution in [-0.2, 0) is 5.41 Å². The van der Waals surface area contributed by atoms with Gasteiger partial charge in [0.15, 0.2) is 5.41 Å². The lowest BCUT2D eigenvalue weighted by atomic mass is 9.64. The third-order valence-corrected chi connectivity index (χ3v) is 7.60. The first kappa shape index (κ1) is 39.4. The van der Waals surface area contributed by atoms with E-state index in [0.717, 1.165) is 24.3 Å². The molecule has 4 aromatic rings. The number of alkyl halides is 10. The van der Waals surface area contributed by atoms with Gasteiger partial charge in [-0.1, -0.05) is 24.3 Å². The van der Waals surface area contributed by atoms with Crippen molar-refractivity contribution in [2.24, 2.45) is 0 Å². The van der Waals surface area contributed by atoms with Crippen LogP contribution >= 0.6 is 0 Å². The molecule has 0 saturated carbocycles. The lowest BCUT2D eigenvalue weighted by Crippen LogP contribution is -2.68. The zero-order chi connectivity index (χ0) is 39.9. The largest absolute Gasteiger partial charge is 0.478 e. The molecule has 0 bridgehead atoms. The quantitative estimate of drug-likeness (QED) is 0.102. The van der Waals surface area contributed by atoms with Crippen LogP contribution in [0.4, 0.5) is 43.9 Å². The molecule has 0 amide bonds. The van der Waals surface area contributed by atoms with Crippen LogP contribution in [0.5, 0.6) is 23.0 Å². The molecule has 0 saturated heterocycles. The van der Waals surface area contributed by atoms with E-state index in [-0.39, 0.29) is 24.3 Å². The van der Waals surface area contributed by atoms with Crippen LogP contribution in [0.1, 0.15) is 52.6 Å². The lowest BCUT2D eigenvalue weighted by Gasteiger charge is -2.46. The van der Waals surface area contributed by atoms with Crippen molar-refractivity contribution in [1.82, 2.24) is 0 Å². The van der Waals surface area contributed by atoms with Crippen molar-refractivity contribution in [1.29, 1.82) is 0 Å². The van der Waals surface area contributed by atoms with Gasteiger partial charge in [0, 0.05) is 0 Å². The molecule has 0 aromatic heterocycles. The van der Waals surface area contributed by atoms with Crippen molar-refractivity contribution in [2.45, 2.75) is 29.6 Å². The summed E-state index contributed by atoms with van der Waals surface area (Å²) < 4.78 is 157. The summed E-state index contributed by atoms with van der Waals surface area (Å²) >= 11 is 0. The fraction of sp³-hybridized carbons (Fsp3) is 0.152. The lowest BCUT2D eigenvalue weighted by molar-refractivity contribution is -0.375. The molecule has 4 rings (SSSR count). The predicted octanol–water partition coefficient (Wildman–Crippen LogP) is 8.75. The molecule has 0 atom stereocenters. The summed E-state index contributed by atoms with van der Waals surface area (Å²) in [7, 11) is 0. The highest BCUT2D eigenvalue weighted by Gasteiger charge is 2.85. The van der Waals surface area contributed by atoms with Crippen LogP contribution in [0.3, 0.4) is 0 Å². The predicted molar refractivity (Wildman–Crippen MR) is 157 cm³/mol. The molecular formula is C33H18F10O10.